The fourth-order valence-electron chi connectivity index (χ4n) is 2.33. The third-order valence-corrected chi connectivity index (χ3v) is 5.33. The molecule has 0 bridgehead atoms. The lowest BCUT2D eigenvalue weighted by Gasteiger charge is -2.22. The minimum atomic E-state index is -3.76. The van der Waals surface area contributed by atoms with Gasteiger partial charge >= 0.3 is 5.97 Å². The van der Waals surface area contributed by atoms with Gasteiger partial charge in [0.25, 0.3) is 0 Å². The Bertz CT molecular complexity index is 613. The average Bonchev–Trinajstić information content (AvgIpc) is 2.89. The van der Waals surface area contributed by atoms with Crippen LogP contribution in [0.25, 0.3) is 0 Å². The van der Waals surface area contributed by atoms with Crippen molar-refractivity contribution in [2.24, 2.45) is 0 Å². The highest BCUT2D eigenvalue weighted by atomic mass is 32.2. The van der Waals surface area contributed by atoms with Gasteiger partial charge in [-0.25, -0.2) is 8.42 Å². The molecule has 0 radical (unpaired) electrons. The Kier molecular flexibility index (Phi) is 4.01. The highest BCUT2D eigenvalue weighted by Gasteiger charge is 2.39. The molecule has 6 nitrogen and oxygen atoms in total. The van der Waals surface area contributed by atoms with E-state index in [1.165, 1.54) is 6.07 Å². The molecule has 0 saturated carbocycles. The molecule has 1 N–H and O–H groups in total. The van der Waals surface area contributed by atoms with Crippen molar-refractivity contribution in [2.45, 2.75) is 23.8 Å². The largest absolute Gasteiger partial charge is 0.480 e. The van der Waals surface area contributed by atoms with Crippen LogP contribution in [-0.2, 0) is 14.8 Å². The molecule has 1 saturated heterocycles. The van der Waals surface area contributed by atoms with Crippen molar-refractivity contribution in [2.75, 3.05) is 25.5 Å². The number of rotatable bonds is 4. The van der Waals surface area contributed by atoms with Gasteiger partial charge < -0.3 is 10.0 Å². The van der Waals surface area contributed by atoms with Gasteiger partial charge in [0, 0.05) is 26.3 Å². The van der Waals surface area contributed by atoms with E-state index in [0.29, 0.717) is 12.8 Å². The molecular weight excluding hydrogens is 280 g/mol. The van der Waals surface area contributed by atoms with Gasteiger partial charge in [-0.15, -0.1) is 0 Å². The number of hydrogen-bond acceptors (Lipinski definition) is 4. The zero-order chi connectivity index (χ0) is 14.9. The van der Waals surface area contributed by atoms with Crippen molar-refractivity contribution in [3.8, 4) is 0 Å². The zero-order valence-electron chi connectivity index (χ0n) is 11.5. The van der Waals surface area contributed by atoms with Crippen LogP contribution < -0.4 is 4.90 Å². The Labute approximate surface area is 118 Å². The van der Waals surface area contributed by atoms with Crippen molar-refractivity contribution in [3.63, 3.8) is 0 Å². The van der Waals surface area contributed by atoms with Crippen LogP contribution in [0.1, 0.15) is 12.8 Å². The molecule has 0 spiro atoms. The molecule has 20 heavy (non-hydrogen) atoms. The van der Waals surface area contributed by atoms with Crippen LogP contribution in [0.2, 0.25) is 0 Å². The summed E-state index contributed by atoms with van der Waals surface area (Å²) in [4.78, 5) is 13.1. The molecule has 1 aliphatic heterocycles. The first-order valence-corrected chi connectivity index (χ1v) is 7.80. The quantitative estimate of drug-likeness (QED) is 0.897. The molecule has 0 aliphatic carbocycles. The summed E-state index contributed by atoms with van der Waals surface area (Å²) in [5.74, 6) is -1.09. The van der Waals surface area contributed by atoms with Gasteiger partial charge in [-0.3, -0.25) is 4.79 Å². The molecule has 1 aromatic rings. The van der Waals surface area contributed by atoms with Crippen LogP contribution in [0, 0.1) is 0 Å². The van der Waals surface area contributed by atoms with Gasteiger partial charge in [-0.05, 0) is 31.0 Å². The predicted octanol–water partition coefficient (Wildman–Crippen LogP) is 0.990. The van der Waals surface area contributed by atoms with E-state index in [1.54, 1.807) is 23.1 Å². The monoisotopic (exact) mass is 298 g/mol. The van der Waals surface area contributed by atoms with Crippen LogP contribution in [0.3, 0.4) is 0 Å². The number of carboxylic acid groups (broad SMARTS) is 1. The standard InChI is InChI=1S/C13H18N2O4S/c1-14(2)10-5-3-6-11(9-10)20(18,19)15-8-4-7-12(15)13(16)17/h3,5-6,9,12H,4,7-8H2,1-2H3,(H,16,17)/t12-/m1/s1. The molecule has 0 unspecified atom stereocenters. The van der Waals surface area contributed by atoms with E-state index < -0.39 is 22.0 Å². The summed E-state index contributed by atoms with van der Waals surface area (Å²) < 4.78 is 26.2. The van der Waals surface area contributed by atoms with Crippen molar-refractivity contribution >= 4 is 21.7 Å². The SMILES string of the molecule is CN(C)c1cccc(S(=O)(=O)N2CCC[C@@H]2C(=O)O)c1. The first kappa shape index (κ1) is 14.8. The van der Waals surface area contributed by atoms with Gasteiger partial charge in [-0.1, -0.05) is 6.07 Å². The average molecular weight is 298 g/mol. The molecule has 110 valence electrons. The Morgan fingerprint density at radius 2 is 2.10 bits per heavy atom. The minimum absolute atomic E-state index is 0.136. The lowest BCUT2D eigenvalue weighted by atomic mass is 10.2. The van der Waals surface area contributed by atoms with E-state index in [-0.39, 0.29) is 11.4 Å². The molecule has 1 aliphatic rings. The van der Waals surface area contributed by atoms with Gasteiger partial charge in [-0.2, -0.15) is 4.31 Å². The number of aliphatic carboxylic acids is 1. The second-order valence-corrected chi connectivity index (χ2v) is 6.89. The normalized spacial score (nSPS) is 20.0. The van der Waals surface area contributed by atoms with E-state index in [9.17, 15) is 13.2 Å². The summed E-state index contributed by atoms with van der Waals surface area (Å²) in [7, 11) is -0.121. The molecule has 1 heterocycles. The summed E-state index contributed by atoms with van der Waals surface area (Å²) >= 11 is 0. The molecule has 7 heteroatoms. The molecule has 1 fully saturated rings. The highest BCUT2D eigenvalue weighted by molar-refractivity contribution is 7.89. The van der Waals surface area contributed by atoms with Gasteiger partial charge in [0.2, 0.25) is 10.0 Å². The third-order valence-electron chi connectivity index (χ3n) is 3.43. The number of hydrogen-bond donors (Lipinski definition) is 1. The zero-order valence-corrected chi connectivity index (χ0v) is 12.3. The fraction of sp³-hybridized carbons (Fsp3) is 0.462. The van der Waals surface area contributed by atoms with Crippen LogP contribution in [0.4, 0.5) is 5.69 Å². The second-order valence-electron chi connectivity index (χ2n) is 5.00. The molecular formula is C13H18N2O4S. The third kappa shape index (κ3) is 2.64. The van der Waals surface area contributed by atoms with Crippen molar-refractivity contribution in [3.05, 3.63) is 24.3 Å². The van der Waals surface area contributed by atoms with Crippen molar-refractivity contribution < 1.29 is 18.3 Å². The molecule has 2 rings (SSSR count). The van der Waals surface area contributed by atoms with E-state index in [4.69, 9.17) is 5.11 Å². The minimum Gasteiger partial charge on any atom is -0.480 e. The Hall–Kier alpha value is -1.60. The smallest absolute Gasteiger partial charge is 0.322 e. The van der Waals surface area contributed by atoms with Crippen LogP contribution >= 0.6 is 0 Å². The van der Waals surface area contributed by atoms with Gasteiger partial charge in [0.05, 0.1) is 4.90 Å². The highest BCUT2D eigenvalue weighted by Crippen LogP contribution is 2.27. The summed E-state index contributed by atoms with van der Waals surface area (Å²) in [5, 5.41) is 9.12. The van der Waals surface area contributed by atoms with Crippen LogP contribution in [0.15, 0.2) is 29.2 Å². The summed E-state index contributed by atoms with van der Waals surface area (Å²) in [6, 6.07) is 5.57. The molecule has 1 atom stereocenters. The first-order valence-electron chi connectivity index (χ1n) is 6.36. The first-order chi connectivity index (χ1) is 9.34. The molecule has 0 aromatic heterocycles. The van der Waals surface area contributed by atoms with E-state index in [2.05, 4.69) is 0 Å². The van der Waals surface area contributed by atoms with E-state index in [1.807, 2.05) is 14.1 Å². The van der Waals surface area contributed by atoms with Crippen molar-refractivity contribution in [1.82, 2.24) is 4.31 Å². The number of benzene rings is 1. The number of carbonyl (C=O) groups is 1. The van der Waals surface area contributed by atoms with E-state index in [0.717, 1.165) is 9.99 Å². The Morgan fingerprint density at radius 3 is 2.70 bits per heavy atom. The summed E-state index contributed by atoms with van der Waals surface area (Å²) in [5.41, 5.74) is 0.761. The van der Waals surface area contributed by atoms with E-state index >= 15 is 0 Å². The number of sulfonamides is 1. The topological polar surface area (TPSA) is 77.9 Å². The number of nitrogens with zero attached hydrogens (tertiary/aromatic N) is 2. The maximum Gasteiger partial charge on any atom is 0.322 e. The van der Waals surface area contributed by atoms with Gasteiger partial charge in [0.15, 0.2) is 0 Å². The number of carboxylic acids is 1. The van der Waals surface area contributed by atoms with Crippen LogP contribution in [0.5, 0.6) is 0 Å². The summed E-state index contributed by atoms with van der Waals surface area (Å²) in [6.07, 6.45) is 0.936. The maximum atomic E-state index is 12.6. The fourth-order valence-corrected chi connectivity index (χ4v) is 4.02. The van der Waals surface area contributed by atoms with Crippen LogP contribution in [-0.4, -0.2) is 50.5 Å². The lowest BCUT2D eigenvalue weighted by molar-refractivity contribution is -0.140. The second kappa shape index (κ2) is 5.41. The number of anilines is 1. The predicted molar refractivity (Wildman–Crippen MR) is 75.3 cm³/mol. The van der Waals surface area contributed by atoms with Gasteiger partial charge in [0.1, 0.15) is 6.04 Å². The molecule has 1 aromatic carbocycles. The van der Waals surface area contributed by atoms with Crippen molar-refractivity contribution in [1.29, 1.82) is 0 Å². The molecule has 0 amide bonds. The Morgan fingerprint density at radius 1 is 1.40 bits per heavy atom. The summed E-state index contributed by atoms with van der Waals surface area (Å²) in [6.45, 7) is 0.255. The lowest BCUT2D eigenvalue weighted by Crippen LogP contribution is -2.40. The maximum absolute atomic E-state index is 12.6. The Balaban J connectivity index is 2.40.